The Hall–Kier alpha value is -0.320. The third kappa shape index (κ3) is 1.94. The van der Waals surface area contributed by atoms with E-state index in [4.69, 9.17) is 16.3 Å². The summed E-state index contributed by atoms with van der Waals surface area (Å²) in [7, 11) is 0. The van der Waals surface area contributed by atoms with Gasteiger partial charge in [-0.05, 0) is 34.8 Å². The average Bonchev–Trinajstić information content (AvgIpc) is 2.58. The van der Waals surface area contributed by atoms with Crippen LogP contribution in [-0.2, 0) is 4.74 Å². The summed E-state index contributed by atoms with van der Waals surface area (Å²) in [5.74, 6) is 0.880. The summed E-state index contributed by atoms with van der Waals surface area (Å²) >= 11 is 9.57. The molecule has 2 aliphatic heterocycles. The van der Waals surface area contributed by atoms with Crippen molar-refractivity contribution < 1.29 is 4.74 Å². The van der Waals surface area contributed by atoms with Gasteiger partial charge < -0.3 is 9.64 Å². The van der Waals surface area contributed by atoms with E-state index in [2.05, 4.69) is 25.8 Å². The van der Waals surface area contributed by atoms with Crippen molar-refractivity contribution in [2.45, 2.75) is 25.0 Å². The SMILES string of the molecule is Clc1cc(Br)cnc1N1CC2CCC(C1)O2. The number of morpholine rings is 1. The van der Waals surface area contributed by atoms with E-state index in [9.17, 15) is 0 Å². The highest BCUT2D eigenvalue weighted by Gasteiger charge is 2.34. The summed E-state index contributed by atoms with van der Waals surface area (Å²) in [5, 5.41) is 0.704. The number of aromatic nitrogens is 1. The number of hydrogen-bond acceptors (Lipinski definition) is 3. The average molecular weight is 304 g/mol. The standard InChI is InChI=1S/C11H12BrClN2O/c12-7-3-10(13)11(14-4-7)15-5-8-1-2-9(6-15)16-8/h3-4,8-9H,1-2,5-6H2. The fourth-order valence-electron chi connectivity index (χ4n) is 2.43. The normalized spacial score (nSPS) is 28.5. The number of halogens is 2. The van der Waals surface area contributed by atoms with Gasteiger partial charge in [-0.15, -0.1) is 0 Å². The van der Waals surface area contributed by atoms with Crippen molar-refractivity contribution >= 4 is 33.3 Å². The summed E-state index contributed by atoms with van der Waals surface area (Å²) in [6.45, 7) is 1.82. The summed E-state index contributed by atoms with van der Waals surface area (Å²) in [6.07, 6.45) is 4.84. The lowest BCUT2D eigenvalue weighted by Crippen LogP contribution is -2.43. The minimum absolute atomic E-state index is 0.361. The molecule has 2 unspecified atom stereocenters. The fourth-order valence-corrected chi connectivity index (χ4v) is 3.18. The number of hydrogen-bond donors (Lipinski definition) is 0. The lowest BCUT2D eigenvalue weighted by Gasteiger charge is -2.33. The highest BCUT2D eigenvalue weighted by molar-refractivity contribution is 9.10. The summed E-state index contributed by atoms with van der Waals surface area (Å²) < 4.78 is 6.71. The van der Waals surface area contributed by atoms with E-state index in [0.29, 0.717) is 17.2 Å². The number of rotatable bonds is 1. The highest BCUT2D eigenvalue weighted by Crippen LogP contribution is 2.32. The Morgan fingerprint density at radius 1 is 1.38 bits per heavy atom. The van der Waals surface area contributed by atoms with Crippen molar-refractivity contribution in [3.05, 3.63) is 21.8 Å². The van der Waals surface area contributed by atoms with E-state index < -0.39 is 0 Å². The Morgan fingerprint density at radius 2 is 2.06 bits per heavy atom. The predicted molar refractivity (Wildman–Crippen MR) is 67.1 cm³/mol. The molecule has 0 saturated carbocycles. The number of ether oxygens (including phenoxy) is 1. The van der Waals surface area contributed by atoms with E-state index in [1.54, 1.807) is 6.20 Å². The van der Waals surface area contributed by atoms with Gasteiger partial charge in [0, 0.05) is 23.8 Å². The molecule has 2 atom stereocenters. The van der Waals surface area contributed by atoms with Crippen LogP contribution in [0.1, 0.15) is 12.8 Å². The van der Waals surface area contributed by atoms with Crippen molar-refractivity contribution in [3.63, 3.8) is 0 Å². The molecule has 2 fully saturated rings. The molecule has 5 heteroatoms. The predicted octanol–water partition coefficient (Wildman–Crippen LogP) is 2.87. The molecule has 0 radical (unpaired) electrons. The lowest BCUT2D eigenvalue weighted by atomic mass is 10.2. The zero-order chi connectivity index (χ0) is 11.1. The zero-order valence-corrected chi connectivity index (χ0v) is 11.0. The van der Waals surface area contributed by atoms with Gasteiger partial charge in [-0.25, -0.2) is 4.98 Å². The third-order valence-corrected chi connectivity index (χ3v) is 3.84. The molecule has 3 rings (SSSR count). The van der Waals surface area contributed by atoms with E-state index in [1.807, 2.05) is 6.07 Å². The maximum absolute atomic E-state index is 6.20. The fraction of sp³-hybridized carbons (Fsp3) is 0.545. The molecule has 3 heterocycles. The molecule has 2 aliphatic rings. The minimum atomic E-state index is 0.361. The van der Waals surface area contributed by atoms with Gasteiger partial charge in [-0.2, -0.15) is 0 Å². The highest BCUT2D eigenvalue weighted by atomic mass is 79.9. The van der Waals surface area contributed by atoms with E-state index in [1.165, 1.54) is 0 Å². The molecule has 16 heavy (non-hydrogen) atoms. The van der Waals surface area contributed by atoms with Crippen LogP contribution in [0.4, 0.5) is 5.82 Å². The monoisotopic (exact) mass is 302 g/mol. The van der Waals surface area contributed by atoms with Gasteiger partial charge in [0.15, 0.2) is 0 Å². The van der Waals surface area contributed by atoms with E-state index in [0.717, 1.165) is 36.2 Å². The molecular formula is C11H12BrClN2O. The van der Waals surface area contributed by atoms with Gasteiger partial charge in [0.05, 0.1) is 17.2 Å². The Bertz CT molecular complexity index is 403. The van der Waals surface area contributed by atoms with Gasteiger partial charge in [0.25, 0.3) is 0 Å². The van der Waals surface area contributed by atoms with Crippen LogP contribution in [0, 0.1) is 0 Å². The zero-order valence-electron chi connectivity index (χ0n) is 8.70. The molecule has 2 saturated heterocycles. The van der Waals surface area contributed by atoms with Crippen LogP contribution in [0.5, 0.6) is 0 Å². The first-order valence-corrected chi connectivity index (χ1v) is 6.61. The quantitative estimate of drug-likeness (QED) is 0.798. The molecule has 86 valence electrons. The van der Waals surface area contributed by atoms with Crippen molar-refractivity contribution in [1.82, 2.24) is 4.98 Å². The molecule has 0 aromatic carbocycles. The van der Waals surface area contributed by atoms with Crippen LogP contribution in [0.15, 0.2) is 16.7 Å². The van der Waals surface area contributed by atoms with E-state index >= 15 is 0 Å². The molecule has 3 nitrogen and oxygen atoms in total. The molecule has 0 N–H and O–H groups in total. The van der Waals surface area contributed by atoms with Crippen molar-refractivity contribution in [2.24, 2.45) is 0 Å². The van der Waals surface area contributed by atoms with Crippen LogP contribution in [0.2, 0.25) is 5.02 Å². The molecule has 1 aromatic rings. The molecule has 1 aromatic heterocycles. The Kier molecular flexibility index (Phi) is 2.81. The first kappa shape index (κ1) is 10.8. The Labute approximate surface area is 108 Å². The molecule has 0 spiro atoms. The number of fused-ring (bicyclic) bond motifs is 2. The second-order valence-corrected chi connectivity index (χ2v) is 5.64. The van der Waals surface area contributed by atoms with Crippen molar-refractivity contribution in [2.75, 3.05) is 18.0 Å². The van der Waals surface area contributed by atoms with Gasteiger partial charge >= 0.3 is 0 Å². The summed E-state index contributed by atoms with van der Waals surface area (Å²) in [5.41, 5.74) is 0. The van der Waals surface area contributed by atoms with Crippen molar-refractivity contribution in [1.29, 1.82) is 0 Å². The smallest absolute Gasteiger partial charge is 0.147 e. The number of anilines is 1. The second-order valence-electron chi connectivity index (χ2n) is 4.32. The van der Waals surface area contributed by atoms with Gasteiger partial charge in [-0.1, -0.05) is 11.6 Å². The minimum Gasteiger partial charge on any atom is -0.371 e. The molecular weight excluding hydrogens is 291 g/mol. The molecule has 0 amide bonds. The second kappa shape index (κ2) is 4.17. The Balaban J connectivity index is 1.87. The summed E-state index contributed by atoms with van der Waals surface area (Å²) in [6, 6.07) is 1.89. The van der Waals surface area contributed by atoms with Crippen LogP contribution in [0.25, 0.3) is 0 Å². The van der Waals surface area contributed by atoms with E-state index in [-0.39, 0.29) is 0 Å². The topological polar surface area (TPSA) is 25.4 Å². The number of pyridine rings is 1. The maximum atomic E-state index is 6.20. The van der Waals surface area contributed by atoms with Crippen LogP contribution < -0.4 is 4.90 Å². The van der Waals surface area contributed by atoms with Crippen LogP contribution in [-0.4, -0.2) is 30.3 Å². The Morgan fingerprint density at radius 3 is 2.69 bits per heavy atom. The van der Waals surface area contributed by atoms with Gasteiger partial charge in [0.2, 0.25) is 0 Å². The number of nitrogens with zero attached hydrogens (tertiary/aromatic N) is 2. The summed E-state index contributed by atoms with van der Waals surface area (Å²) in [4.78, 5) is 6.63. The first-order valence-electron chi connectivity index (χ1n) is 5.44. The van der Waals surface area contributed by atoms with Gasteiger partial charge in [0.1, 0.15) is 5.82 Å². The lowest BCUT2D eigenvalue weighted by molar-refractivity contribution is 0.0302. The third-order valence-electron chi connectivity index (χ3n) is 3.13. The van der Waals surface area contributed by atoms with Crippen LogP contribution in [0.3, 0.4) is 0 Å². The van der Waals surface area contributed by atoms with Crippen molar-refractivity contribution in [3.8, 4) is 0 Å². The van der Waals surface area contributed by atoms with Crippen LogP contribution >= 0.6 is 27.5 Å². The first-order chi connectivity index (χ1) is 7.72. The van der Waals surface area contributed by atoms with Gasteiger partial charge in [-0.3, -0.25) is 0 Å². The maximum Gasteiger partial charge on any atom is 0.147 e. The largest absolute Gasteiger partial charge is 0.371 e. The molecule has 2 bridgehead atoms. The molecule has 0 aliphatic carbocycles.